The Kier molecular flexibility index (Phi) is 5.69. The Labute approximate surface area is 195 Å². The van der Waals surface area contributed by atoms with Crippen LogP contribution in [0.2, 0.25) is 0 Å². The molecular weight excluding hydrogens is 436 g/mol. The number of aromatic nitrogens is 1. The molecule has 2 saturated heterocycles. The Bertz CT molecular complexity index is 1320. The highest BCUT2D eigenvalue weighted by Gasteiger charge is 2.37. The van der Waals surface area contributed by atoms with Gasteiger partial charge in [-0.15, -0.1) is 0 Å². The van der Waals surface area contributed by atoms with Gasteiger partial charge in [0.1, 0.15) is 12.1 Å². The zero-order valence-corrected chi connectivity index (χ0v) is 18.3. The first-order valence-electron chi connectivity index (χ1n) is 10.9. The number of carbonyl (C=O) groups is 4. The number of amides is 5. The Hall–Kier alpha value is -4.24. The number of anilines is 1. The first kappa shape index (κ1) is 21.6. The molecule has 1 N–H and O–H groups in total. The Morgan fingerprint density at radius 1 is 0.971 bits per heavy atom. The van der Waals surface area contributed by atoms with E-state index in [2.05, 4.69) is 5.32 Å². The zero-order valence-electron chi connectivity index (χ0n) is 18.3. The molecule has 0 atom stereocenters. The molecule has 3 aromatic rings. The maximum Gasteiger partial charge on any atom is 0.335 e. The minimum absolute atomic E-state index is 0.0319. The van der Waals surface area contributed by atoms with Crippen molar-refractivity contribution in [2.45, 2.75) is 6.54 Å². The van der Waals surface area contributed by atoms with Gasteiger partial charge in [0.15, 0.2) is 0 Å². The average molecular weight is 458 g/mol. The van der Waals surface area contributed by atoms with E-state index in [-0.39, 0.29) is 18.0 Å². The molecule has 0 aliphatic carbocycles. The highest BCUT2D eigenvalue weighted by atomic mass is 16.5. The number of hydrogen-bond donors (Lipinski definition) is 1. The van der Waals surface area contributed by atoms with Crippen molar-refractivity contribution < 1.29 is 23.9 Å². The standard InChI is InChI=1S/C25H22N4O5/c30-22(27-10-12-34-13-11-27)16-28-15-17(19-8-4-5-9-21(19)28)14-20-23(31)26-25(33)29(24(20)32)18-6-2-1-3-7-18/h1-9,14-15H,10-13,16H2,(H,26,31,33)/b20-14+. The molecule has 9 heteroatoms. The van der Waals surface area contributed by atoms with Gasteiger partial charge in [0.2, 0.25) is 5.91 Å². The van der Waals surface area contributed by atoms with Crippen LogP contribution in [-0.2, 0) is 25.7 Å². The van der Waals surface area contributed by atoms with E-state index in [1.54, 1.807) is 41.4 Å². The Morgan fingerprint density at radius 2 is 1.68 bits per heavy atom. The number of ether oxygens (including phenoxy) is 1. The van der Waals surface area contributed by atoms with E-state index >= 15 is 0 Å². The lowest BCUT2D eigenvalue weighted by atomic mass is 10.1. The van der Waals surface area contributed by atoms with Gasteiger partial charge in [0.05, 0.1) is 18.9 Å². The van der Waals surface area contributed by atoms with Crippen molar-refractivity contribution in [3.05, 3.63) is 71.9 Å². The highest BCUT2D eigenvalue weighted by molar-refractivity contribution is 6.39. The van der Waals surface area contributed by atoms with Crippen molar-refractivity contribution in [3.63, 3.8) is 0 Å². The predicted molar refractivity (Wildman–Crippen MR) is 125 cm³/mol. The van der Waals surface area contributed by atoms with Crippen LogP contribution in [0.15, 0.2) is 66.4 Å². The summed E-state index contributed by atoms with van der Waals surface area (Å²) in [6, 6.07) is 15.1. The predicted octanol–water partition coefficient (Wildman–Crippen LogP) is 2.17. The topological polar surface area (TPSA) is 101 Å². The summed E-state index contributed by atoms with van der Waals surface area (Å²) in [5.74, 6) is -1.50. The molecule has 34 heavy (non-hydrogen) atoms. The molecule has 172 valence electrons. The second-order valence-corrected chi connectivity index (χ2v) is 8.02. The van der Waals surface area contributed by atoms with E-state index in [4.69, 9.17) is 4.74 Å². The van der Waals surface area contributed by atoms with Gasteiger partial charge >= 0.3 is 6.03 Å². The number of morpholine rings is 1. The number of nitrogens with one attached hydrogen (secondary N) is 1. The van der Waals surface area contributed by atoms with Crippen LogP contribution in [-0.4, -0.2) is 59.5 Å². The maximum absolute atomic E-state index is 13.2. The van der Waals surface area contributed by atoms with E-state index in [1.807, 2.05) is 28.8 Å². The number of fused-ring (bicyclic) bond motifs is 1. The smallest absolute Gasteiger partial charge is 0.335 e. The Morgan fingerprint density at radius 3 is 2.44 bits per heavy atom. The van der Waals surface area contributed by atoms with Crippen LogP contribution in [0, 0.1) is 0 Å². The number of urea groups is 1. The lowest BCUT2D eigenvalue weighted by Gasteiger charge is -2.27. The monoisotopic (exact) mass is 458 g/mol. The number of hydrogen-bond acceptors (Lipinski definition) is 5. The second kappa shape index (κ2) is 8.95. The summed E-state index contributed by atoms with van der Waals surface area (Å²) >= 11 is 0. The number of carbonyl (C=O) groups excluding carboxylic acids is 4. The van der Waals surface area contributed by atoms with Gasteiger partial charge in [0.25, 0.3) is 11.8 Å². The van der Waals surface area contributed by atoms with Gasteiger partial charge < -0.3 is 14.2 Å². The van der Waals surface area contributed by atoms with Crippen LogP contribution in [0.3, 0.4) is 0 Å². The molecule has 0 saturated carbocycles. The van der Waals surface area contributed by atoms with Crippen LogP contribution < -0.4 is 10.2 Å². The summed E-state index contributed by atoms with van der Waals surface area (Å²) < 4.78 is 7.13. The number of imide groups is 2. The molecule has 5 rings (SSSR count). The molecule has 5 amide bonds. The molecule has 2 aromatic carbocycles. The molecule has 3 heterocycles. The van der Waals surface area contributed by atoms with Crippen LogP contribution in [0.25, 0.3) is 17.0 Å². The summed E-state index contributed by atoms with van der Waals surface area (Å²) in [7, 11) is 0. The largest absolute Gasteiger partial charge is 0.378 e. The van der Waals surface area contributed by atoms with Gasteiger partial charge in [-0.2, -0.15) is 0 Å². The fourth-order valence-electron chi connectivity index (χ4n) is 4.20. The van der Waals surface area contributed by atoms with E-state index in [9.17, 15) is 19.2 Å². The van der Waals surface area contributed by atoms with E-state index in [1.165, 1.54) is 6.08 Å². The fourth-order valence-corrected chi connectivity index (χ4v) is 4.20. The van der Waals surface area contributed by atoms with Crippen molar-refractivity contribution in [1.29, 1.82) is 0 Å². The van der Waals surface area contributed by atoms with Crippen LogP contribution in [0.4, 0.5) is 10.5 Å². The fraction of sp³-hybridized carbons (Fsp3) is 0.200. The van der Waals surface area contributed by atoms with Gasteiger partial charge in [-0.3, -0.25) is 19.7 Å². The van der Waals surface area contributed by atoms with Crippen molar-refractivity contribution in [2.75, 3.05) is 31.2 Å². The van der Waals surface area contributed by atoms with E-state index in [0.717, 1.165) is 15.8 Å². The van der Waals surface area contributed by atoms with Crippen molar-refractivity contribution in [1.82, 2.24) is 14.8 Å². The number of para-hydroxylation sites is 2. The van der Waals surface area contributed by atoms with Crippen molar-refractivity contribution >= 4 is 46.4 Å². The molecule has 2 fully saturated rings. The summed E-state index contributed by atoms with van der Waals surface area (Å²) in [5, 5.41) is 3.02. The van der Waals surface area contributed by atoms with Crippen LogP contribution in [0.5, 0.6) is 0 Å². The first-order valence-corrected chi connectivity index (χ1v) is 10.9. The third-order valence-electron chi connectivity index (χ3n) is 5.90. The molecule has 2 aliphatic heterocycles. The minimum atomic E-state index is -0.795. The summed E-state index contributed by atoms with van der Waals surface area (Å²) in [6.45, 7) is 2.26. The molecule has 9 nitrogen and oxygen atoms in total. The summed E-state index contributed by atoms with van der Waals surface area (Å²) in [6.07, 6.45) is 3.22. The number of benzene rings is 2. The second-order valence-electron chi connectivity index (χ2n) is 8.02. The minimum Gasteiger partial charge on any atom is -0.378 e. The summed E-state index contributed by atoms with van der Waals surface area (Å²) in [4.78, 5) is 53.7. The van der Waals surface area contributed by atoms with Gasteiger partial charge in [-0.25, -0.2) is 9.69 Å². The lowest BCUT2D eigenvalue weighted by molar-refractivity contribution is -0.135. The van der Waals surface area contributed by atoms with Gasteiger partial charge in [0, 0.05) is 35.8 Å². The molecule has 2 aliphatic rings. The summed E-state index contributed by atoms with van der Waals surface area (Å²) in [5.41, 5.74) is 1.61. The van der Waals surface area contributed by atoms with E-state index in [0.29, 0.717) is 37.6 Å². The molecule has 0 spiro atoms. The van der Waals surface area contributed by atoms with Gasteiger partial charge in [-0.1, -0.05) is 36.4 Å². The Balaban J connectivity index is 1.50. The zero-order chi connectivity index (χ0) is 23.7. The van der Waals surface area contributed by atoms with Crippen molar-refractivity contribution in [3.8, 4) is 0 Å². The SMILES string of the molecule is O=C1NC(=O)N(c2ccccc2)C(=O)/C1=C/c1cn(CC(=O)N2CCOCC2)c2ccccc12. The van der Waals surface area contributed by atoms with Gasteiger partial charge in [-0.05, 0) is 24.3 Å². The molecule has 0 unspecified atom stereocenters. The third kappa shape index (κ3) is 3.97. The van der Waals surface area contributed by atoms with E-state index < -0.39 is 17.8 Å². The normalized spacial score (nSPS) is 18.0. The molecule has 1 aromatic heterocycles. The molecule has 0 radical (unpaired) electrons. The lowest BCUT2D eigenvalue weighted by Crippen LogP contribution is -2.54. The number of barbiturate groups is 1. The average Bonchev–Trinajstić information content (AvgIpc) is 3.20. The first-order chi connectivity index (χ1) is 16.5. The number of nitrogens with zero attached hydrogens (tertiary/aromatic N) is 3. The van der Waals surface area contributed by atoms with Crippen molar-refractivity contribution in [2.24, 2.45) is 0 Å². The molecule has 0 bridgehead atoms. The highest BCUT2D eigenvalue weighted by Crippen LogP contribution is 2.26. The number of rotatable bonds is 4. The molecular formula is C25H22N4O5. The third-order valence-corrected chi connectivity index (χ3v) is 5.90. The van der Waals surface area contributed by atoms with Crippen LogP contribution >= 0.6 is 0 Å². The van der Waals surface area contributed by atoms with Crippen LogP contribution in [0.1, 0.15) is 5.56 Å². The quantitative estimate of drug-likeness (QED) is 0.477. The maximum atomic E-state index is 13.2.